The smallest absolute Gasteiger partial charge is 0.330 e. The molecule has 0 radical (unpaired) electrons. The Bertz CT molecular complexity index is 684. The summed E-state index contributed by atoms with van der Waals surface area (Å²) >= 11 is 0. The van der Waals surface area contributed by atoms with Crippen molar-refractivity contribution in [3.8, 4) is 0 Å². The highest BCUT2D eigenvalue weighted by Gasteiger charge is 2.24. The Hall–Kier alpha value is -1.42. The first-order valence-electron chi connectivity index (χ1n) is 6.86. The van der Waals surface area contributed by atoms with Crippen molar-refractivity contribution in [3.05, 3.63) is 36.0 Å². The number of hydrogen-bond donors (Lipinski definition) is 0. The van der Waals surface area contributed by atoms with Crippen LogP contribution in [0.4, 0.5) is 0 Å². The van der Waals surface area contributed by atoms with Crippen molar-refractivity contribution >= 4 is 24.3 Å². The number of rotatable bonds is 7. The van der Waals surface area contributed by atoms with Crippen LogP contribution < -0.4 is 0 Å². The molecule has 0 aliphatic carbocycles. The molecule has 0 amide bonds. The van der Waals surface area contributed by atoms with Gasteiger partial charge in [0.25, 0.3) is 0 Å². The van der Waals surface area contributed by atoms with Crippen molar-refractivity contribution in [2.24, 2.45) is 0 Å². The van der Waals surface area contributed by atoms with E-state index >= 15 is 0 Å². The molecule has 21 heavy (non-hydrogen) atoms. The average Bonchev–Trinajstić information content (AvgIpc) is 2.91. The molecular weight excluding hydrogens is 289 g/mol. The van der Waals surface area contributed by atoms with Gasteiger partial charge in [-0.05, 0) is 13.0 Å². The molecule has 0 fully saturated rings. The van der Waals surface area contributed by atoms with Crippen LogP contribution >= 0.6 is 7.60 Å². The predicted molar refractivity (Wildman–Crippen MR) is 83.1 cm³/mol. The molecular formula is C15H20NO4P. The van der Waals surface area contributed by atoms with Gasteiger partial charge in [0.15, 0.2) is 5.78 Å². The molecule has 0 unspecified atom stereocenters. The number of hydrogen-bond acceptors (Lipinski definition) is 4. The number of para-hydroxylation sites is 1. The van der Waals surface area contributed by atoms with Gasteiger partial charge in [0, 0.05) is 49.8 Å². The Morgan fingerprint density at radius 1 is 1.24 bits per heavy atom. The number of Topliss-reactive ketones (excluding diaryl/α,β-unsaturated/α-hetero) is 1. The molecule has 1 aromatic heterocycles. The van der Waals surface area contributed by atoms with Crippen molar-refractivity contribution in [3.63, 3.8) is 0 Å². The summed E-state index contributed by atoms with van der Waals surface area (Å²) in [4.78, 5) is 12.4. The quantitative estimate of drug-likeness (QED) is 0.578. The maximum Gasteiger partial charge on any atom is 0.330 e. The fourth-order valence-corrected chi connectivity index (χ4v) is 3.35. The Kier molecular flexibility index (Phi) is 4.99. The van der Waals surface area contributed by atoms with Crippen LogP contribution in [0.5, 0.6) is 0 Å². The van der Waals surface area contributed by atoms with Crippen LogP contribution in [0.1, 0.15) is 23.7 Å². The minimum absolute atomic E-state index is 0.0484. The van der Waals surface area contributed by atoms with E-state index in [1.54, 1.807) is 0 Å². The second-order valence-electron chi connectivity index (χ2n) is 4.72. The number of aromatic nitrogens is 1. The third-order valence-corrected chi connectivity index (χ3v) is 5.48. The SMILES string of the molecule is CCn1cc(C(=O)CCP(=O)(OC)OC)c2ccccc21. The number of nitrogens with zero attached hydrogens (tertiary/aromatic N) is 1. The highest BCUT2D eigenvalue weighted by Crippen LogP contribution is 2.47. The molecule has 6 heteroatoms. The third-order valence-electron chi connectivity index (χ3n) is 3.60. The van der Waals surface area contributed by atoms with Crippen LogP contribution in [0, 0.1) is 0 Å². The number of ketones is 1. The minimum Gasteiger partial charge on any atom is -0.347 e. The van der Waals surface area contributed by atoms with Crippen LogP contribution in [-0.4, -0.2) is 30.7 Å². The molecule has 2 aromatic rings. The number of carbonyl (C=O) groups is 1. The monoisotopic (exact) mass is 309 g/mol. The molecule has 1 aromatic carbocycles. The lowest BCUT2D eigenvalue weighted by Gasteiger charge is -2.12. The van der Waals surface area contributed by atoms with E-state index < -0.39 is 7.60 Å². The van der Waals surface area contributed by atoms with Gasteiger partial charge in [-0.15, -0.1) is 0 Å². The lowest BCUT2D eigenvalue weighted by molar-refractivity contribution is 0.0987. The average molecular weight is 309 g/mol. The van der Waals surface area contributed by atoms with E-state index in [0.29, 0.717) is 5.56 Å². The molecule has 0 atom stereocenters. The summed E-state index contributed by atoms with van der Waals surface area (Å²) < 4.78 is 23.8. The van der Waals surface area contributed by atoms with Gasteiger partial charge in [0.05, 0.1) is 6.16 Å². The lowest BCUT2D eigenvalue weighted by Crippen LogP contribution is -2.04. The number of aryl methyl sites for hydroxylation is 1. The van der Waals surface area contributed by atoms with Crippen LogP contribution in [0.2, 0.25) is 0 Å². The number of fused-ring (bicyclic) bond motifs is 1. The van der Waals surface area contributed by atoms with Crippen LogP contribution in [0.3, 0.4) is 0 Å². The zero-order valence-corrected chi connectivity index (χ0v) is 13.4. The molecule has 2 rings (SSSR count). The van der Waals surface area contributed by atoms with Gasteiger partial charge < -0.3 is 13.6 Å². The van der Waals surface area contributed by atoms with Gasteiger partial charge in [-0.1, -0.05) is 18.2 Å². The maximum atomic E-state index is 12.4. The van der Waals surface area contributed by atoms with Crippen LogP contribution in [-0.2, 0) is 20.2 Å². The Balaban J connectivity index is 2.26. The van der Waals surface area contributed by atoms with E-state index in [-0.39, 0.29) is 18.4 Å². The van der Waals surface area contributed by atoms with Gasteiger partial charge in [0.2, 0.25) is 0 Å². The molecule has 0 saturated heterocycles. The van der Waals surface area contributed by atoms with Crippen molar-refractivity contribution in [1.82, 2.24) is 4.57 Å². The summed E-state index contributed by atoms with van der Waals surface area (Å²) in [6.45, 7) is 2.83. The fourth-order valence-electron chi connectivity index (χ4n) is 2.36. The first-order valence-corrected chi connectivity index (χ1v) is 8.59. The normalized spacial score (nSPS) is 12.0. The van der Waals surface area contributed by atoms with E-state index in [1.165, 1.54) is 14.2 Å². The van der Waals surface area contributed by atoms with Gasteiger partial charge in [-0.2, -0.15) is 0 Å². The summed E-state index contributed by atoms with van der Waals surface area (Å²) in [5.74, 6) is -0.0484. The summed E-state index contributed by atoms with van der Waals surface area (Å²) in [6.07, 6.45) is 2.08. The first-order chi connectivity index (χ1) is 10.0. The van der Waals surface area contributed by atoms with E-state index in [1.807, 2.05) is 42.0 Å². The molecule has 0 N–H and O–H groups in total. The van der Waals surface area contributed by atoms with Gasteiger partial charge in [-0.25, -0.2) is 0 Å². The molecule has 114 valence electrons. The summed E-state index contributed by atoms with van der Waals surface area (Å²) in [5.41, 5.74) is 1.69. The summed E-state index contributed by atoms with van der Waals surface area (Å²) in [6, 6.07) is 7.78. The maximum absolute atomic E-state index is 12.4. The minimum atomic E-state index is -3.14. The van der Waals surface area contributed by atoms with Gasteiger partial charge in [0.1, 0.15) is 0 Å². The van der Waals surface area contributed by atoms with Gasteiger partial charge in [-0.3, -0.25) is 9.36 Å². The van der Waals surface area contributed by atoms with Crippen molar-refractivity contribution in [1.29, 1.82) is 0 Å². The molecule has 1 heterocycles. The summed E-state index contributed by atoms with van der Waals surface area (Å²) in [5, 5.41) is 0.925. The first kappa shape index (κ1) is 16.0. The molecule has 5 nitrogen and oxygen atoms in total. The highest BCUT2D eigenvalue weighted by atomic mass is 31.2. The predicted octanol–water partition coefficient (Wildman–Crippen LogP) is 3.72. The second-order valence-corrected chi connectivity index (χ2v) is 7.12. The van der Waals surface area contributed by atoms with E-state index in [9.17, 15) is 9.36 Å². The number of carbonyl (C=O) groups excluding carboxylic acids is 1. The highest BCUT2D eigenvalue weighted by molar-refractivity contribution is 7.53. The Labute approximate surface area is 124 Å². The van der Waals surface area contributed by atoms with Gasteiger partial charge >= 0.3 is 7.60 Å². The van der Waals surface area contributed by atoms with Crippen molar-refractivity contribution in [2.45, 2.75) is 19.9 Å². The van der Waals surface area contributed by atoms with Crippen molar-refractivity contribution < 1.29 is 18.4 Å². The van der Waals surface area contributed by atoms with Crippen LogP contribution in [0.25, 0.3) is 10.9 Å². The van der Waals surface area contributed by atoms with E-state index in [4.69, 9.17) is 9.05 Å². The van der Waals surface area contributed by atoms with E-state index in [0.717, 1.165) is 17.4 Å². The fraction of sp³-hybridized carbons (Fsp3) is 0.400. The Morgan fingerprint density at radius 2 is 1.90 bits per heavy atom. The number of benzene rings is 1. The third kappa shape index (κ3) is 3.26. The Morgan fingerprint density at radius 3 is 2.52 bits per heavy atom. The molecule has 0 spiro atoms. The van der Waals surface area contributed by atoms with Crippen molar-refractivity contribution in [2.75, 3.05) is 20.4 Å². The van der Waals surface area contributed by atoms with Crippen LogP contribution in [0.15, 0.2) is 30.5 Å². The molecule has 0 saturated carbocycles. The molecule has 0 aliphatic rings. The zero-order valence-electron chi connectivity index (χ0n) is 12.5. The molecule has 0 bridgehead atoms. The van der Waals surface area contributed by atoms with E-state index in [2.05, 4.69) is 0 Å². The largest absolute Gasteiger partial charge is 0.347 e. The molecule has 0 aliphatic heterocycles. The lowest BCUT2D eigenvalue weighted by atomic mass is 10.1. The second kappa shape index (κ2) is 6.56. The standard InChI is InChI=1S/C15H20NO4P/c1-4-16-11-13(12-7-5-6-8-14(12)16)15(17)9-10-21(18,19-2)20-3/h5-8,11H,4,9-10H2,1-3H3. The summed E-state index contributed by atoms with van der Waals surface area (Å²) in [7, 11) is -0.481. The zero-order chi connectivity index (χ0) is 15.5. The topological polar surface area (TPSA) is 57.5 Å².